The molecule has 0 saturated heterocycles. The standard InChI is InChI=1S/C14H17N3OS/c1-4-12-13(19-17-16-12)14(18)15-10(3)11-8-6-5-7-9(11)2/h5-8,10H,4H2,1-3H3,(H,15,18). The Kier molecular flexibility index (Phi) is 4.27. The Labute approximate surface area is 117 Å². The van der Waals surface area contributed by atoms with Gasteiger partial charge in [0.1, 0.15) is 4.88 Å². The van der Waals surface area contributed by atoms with Crippen molar-refractivity contribution in [2.75, 3.05) is 0 Å². The van der Waals surface area contributed by atoms with E-state index in [-0.39, 0.29) is 11.9 Å². The van der Waals surface area contributed by atoms with Crippen LogP contribution in [0.15, 0.2) is 24.3 Å². The maximum Gasteiger partial charge on any atom is 0.265 e. The fourth-order valence-electron chi connectivity index (χ4n) is 2.02. The van der Waals surface area contributed by atoms with Crippen LogP contribution in [0.25, 0.3) is 0 Å². The van der Waals surface area contributed by atoms with Crippen molar-refractivity contribution in [2.45, 2.75) is 33.2 Å². The van der Waals surface area contributed by atoms with Gasteiger partial charge >= 0.3 is 0 Å². The number of aromatic nitrogens is 2. The van der Waals surface area contributed by atoms with Crippen molar-refractivity contribution < 1.29 is 4.79 Å². The highest BCUT2D eigenvalue weighted by Gasteiger charge is 2.18. The van der Waals surface area contributed by atoms with Crippen molar-refractivity contribution in [1.82, 2.24) is 14.9 Å². The van der Waals surface area contributed by atoms with Gasteiger partial charge in [0.15, 0.2) is 0 Å². The summed E-state index contributed by atoms with van der Waals surface area (Å²) in [4.78, 5) is 12.8. The summed E-state index contributed by atoms with van der Waals surface area (Å²) < 4.78 is 3.84. The molecule has 1 aromatic heterocycles. The van der Waals surface area contributed by atoms with Crippen LogP contribution in [-0.2, 0) is 6.42 Å². The monoisotopic (exact) mass is 275 g/mol. The second-order valence-electron chi connectivity index (χ2n) is 4.45. The van der Waals surface area contributed by atoms with E-state index in [9.17, 15) is 4.79 Å². The van der Waals surface area contributed by atoms with E-state index in [1.165, 1.54) is 5.56 Å². The number of carbonyl (C=O) groups is 1. The highest BCUT2D eigenvalue weighted by Crippen LogP contribution is 2.18. The third kappa shape index (κ3) is 2.98. The van der Waals surface area contributed by atoms with Crippen LogP contribution in [0.4, 0.5) is 0 Å². The number of amides is 1. The van der Waals surface area contributed by atoms with Gasteiger partial charge in [-0.2, -0.15) is 0 Å². The molecule has 0 aliphatic carbocycles. The summed E-state index contributed by atoms with van der Waals surface area (Å²) in [6.45, 7) is 6.00. The van der Waals surface area contributed by atoms with Crippen LogP contribution in [0.5, 0.6) is 0 Å². The van der Waals surface area contributed by atoms with E-state index in [1.807, 2.05) is 45.0 Å². The Morgan fingerprint density at radius 2 is 2.16 bits per heavy atom. The quantitative estimate of drug-likeness (QED) is 0.933. The Bertz CT molecular complexity index is 580. The molecule has 0 saturated carbocycles. The topological polar surface area (TPSA) is 54.9 Å². The maximum absolute atomic E-state index is 12.2. The van der Waals surface area contributed by atoms with Gasteiger partial charge in [0.05, 0.1) is 11.7 Å². The van der Waals surface area contributed by atoms with E-state index in [1.54, 1.807) is 0 Å². The Balaban J connectivity index is 2.13. The van der Waals surface area contributed by atoms with Crippen LogP contribution >= 0.6 is 11.5 Å². The van der Waals surface area contributed by atoms with E-state index in [0.717, 1.165) is 29.2 Å². The highest BCUT2D eigenvalue weighted by atomic mass is 32.1. The first-order valence-electron chi connectivity index (χ1n) is 6.31. The molecule has 1 heterocycles. The summed E-state index contributed by atoms with van der Waals surface area (Å²) in [5, 5.41) is 6.97. The summed E-state index contributed by atoms with van der Waals surface area (Å²) in [6.07, 6.45) is 0.720. The molecule has 2 aromatic rings. The number of nitrogens with zero attached hydrogens (tertiary/aromatic N) is 2. The van der Waals surface area contributed by atoms with E-state index in [0.29, 0.717) is 4.88 Å². The minimum Gasteiger partial charge on any atom is -0.345 e. The average molecular weight is 275 g/mol. The SMILES string of the molecule is CCc1nnsc1C(=O)NC(C)c1ccccc1C. The molecule has 0 radical (unpaired) electrons. The van der Waals surface area contributed by atoms with Crippen molar-refractivity contribution in [1.29, 1.82) is 0 Å². The second kappa shape index (κ2) is 5.93. The van der Waals surface area contributed by atoms with Crippen molar-refractivity contribution in [3.63, 3.8) is 0 Å². The van der Waals surface area contributed by atoms with Gasteiger partial charge in [-0.15, -0.1) is 5.10 Å². The molecule has 1 N–H and O–H groups in total. The van der Waals surface area contributed by atoms with Crippen LogP contribution in [-0.4, -0.2) is 15.5 Å². The molecule has 1 atom stereocenters. The number of nitrogens with one attached hydrogen (secondary N) is 1. The molecule has 0 bridgehead atoms. The lowest BCUT2D eigenvalue weighted by Gasteiger charge is -2.16. The summed E-state index contributed by atoms with van der Waals surface area (Å²) in [5.41, 5.74) is 3.07. The van der Waals surface area contributed by atoms with Gasteiger partial charge in [0.25, 0.3) is 5.91 Å². The third-order valence-corrected chi connectivity index (χ3v) is 3.87. The molecule has 0 fully saturated rings. The molecule has 5 heteroatoms. The molecular weight excluding hydrogens is 258 g/mol. The van der Waals surface area contributed by atoms with E-state index in [2.05, 4.69) is 14.9 Å². The fourth-order valence-corrected chi connectivity index (χ4v) is 2.68. The molecule has 1 amide bonds. The second-order valence-corrected chi connectivity index (χ2v) is 5.21. The van der Waals surface area contributed by atoms with Gasteiger partial charge < -0.3 is 5.32 Å². The minimum absolute atomic E-state index is 0.0273. The number of benzene rings is 1. The first-order chi connectivity index (χ1) is 9.13. The summed E-state index contributed by atoms with van der Waals surface area (Å²) >= 11 is 1.15. The predicted molar refractivity (Wildman–Crippen MR) is 76.3 cm³/mol. The smallest absolute Gasteiger partial charge is 0.265 e. The number of carbonyl (C=O) groups excluding carboxylic acids is 1. The third-order valence-electron chi connectivity index (χ3n) is 3.10. The van der Waals surface area contributed by atoms with Crippen LogP contribution in [0.3, 0.4) is 0 Å². The van der Waals surface area contributed by atoms with Gasteiger partial charge in [-0.25, -0.2) is 0 Å². The molecule has 1 unspecified atom stereocenters. The summed E-state index contributed by atoms with van der Waals surface area (Å²) in [5.74, 6) is -0.0948. The first-order valence-corrected chi connectivity index (χ1v) is 7.08. The van der Waals surface area contributed by atoms with Gasteiger partial charge in [-0.3, -0.25) is 4.79 Å². The van der Waals surface area contributed by atoms with Gasteiger partial charge in [-0.05, 0) is 42.9 Å². The maximum atomic E-state index is 12.2. The Morgan fingerprint density at radius 1 is 1.42 bits per heavy atom. The zero-order valence-electron chi connectivity index (χ0n) is 11.3. The lowest BCUT2D eigenvalue weighted by atomic mass is 10.0. The first kappa shape index (κ1) is 13.7. The Morgan fingerprint density at radius 3 is 2.84 bits per heavy atom. The Hall–Kier alpha value is -1.75. The van der Waals surface area contributed by atoms with Gasteiger partial charge in [-0.1, -0.05) is 35.7 Å². The van der Waals surface area contributed by atoms with Crippen LogP contribution < -0.4 is 5.32 Å². The molecule has 2 rings (SSSR count). The van der Waals surface area contributed by atoms with Crippen molar-refractivity contribution in [3.8, 4) is 0 Å². The van der Waals surface area contributed by atoms with Crippen LogP contribution in [0.1, 0.15) is 46.4 Å². The normalized spacial score (nSPS) is 12.2. The highest BCUT2D eigenvalue weighted by molar-refractivity contribution is 7.08. The van der Waals surface area contributed by atoms with E-state index >= 15 is 0 Å². The summed E-state index contributed by atoms with van der Waals surface area (Å²) in [7, 11) is 0. The van der Waals surface area contributed by atoms with Gasteiger partial charge in [0, 0.05) is 0 Å². The molecule has 19 heavy (non-hydrogen) atoms. The number of rotatable bonds is 4. The zero-order chi connectivity index (χ0) is 13.8. The van der Waals surface area contributed by atoms with Crippen LogP contribution in [0, 0.1) is 6.92 Å². The molecule has 0 aliphatic rings. The van der Waals surface area contributed by atoms with Crippen molar-refractivity contribution >= 4 is 17.4 Å². The summed E-state index contributed by atoms with van der Waals surface area (Å²) in [6, 6.07) is 8.03. The van der Waals surface area contributed by atoms with Crippen LogP contribution in [0.2, 0.25) is 0 Å². The molecular formula is C14H17N3OS. The van der Waals surface area contributed by atoms with Crippen molar-refractivity contribution in [3.05, 3.63) is 46.0 Å². The zero-order valence-corrected chi connectivity index (χ0v) is 12.1. The molecule has 4 nitrogen and oxygen atoms in total. The molecule has 1 aromatic carbocycles. The van der Waals surface area contributed by atoms with E-state index in [4.69, 9.17) is 0 Å². The lowest BCUT2D eigenvalue weighted by molar-refractivity contribution is 0.0943. The van der Waals surface area contributed by atoms with E-state index < -0.39 is 0 Å². The van der Waals surface area contributed by atoms with Crippen molar-refractivity contribution in [2.24, 2.45) is 0 Å². The largest absolute Gasteiger partial charge is 0.345 e. The average Bonchev–Trinajstić information content (AvgIpc) is 2.87. The number of hydrogen-bond acceptors (Lipinski definition) is 4. The number of hydrogen-bond donors (Lipinski definition) is 1. The minimum atomic E-state index is -0.0948. The molecule has 0 spiro atoms. The van der Waals surface area contributed by atoms with Gasteiger partial charge in [0.2, 0.25) is 0 Å². The molecule has 100 valence electrons. The number of aryl methyl sites for hydroxylation is 2. The molecule has 0 aliphatic heterocycles. The predicted octanol–water partition coefficient (Wildman–Crippen LogP) is 2.90. The fraction of sp³-hybridized carbons (Fsp3) is 0.357. The lowest BCUT2D eigenvalue weighted by Crippen LogP contribution is -2.27.